The summed E-state index contributed by atoms with van der Waals surface area (Å²) in [6.07, 6.45) is 0. The molecule has 0 aliphatic heterocycles. The number of hydrogen-bond donors (Lipinski definition) is 0. The van der Waals surface area contributed by atoms with Gasteiger partial charge in [0.25, 0.3) is 0 Å². The van der Waals surface area contributed by atoms with E-state index in [2.05, 4.69) is 11.1 Å². The molecule has 2 rings (SSSR count). The number of halogens is 1. The highest BCUT2D eigenvalue weighted by Gasteiger charge is 2.06. The zero-order valence-corrected chi connectivity index (χ0v) is 10.8. The molecule has 18 heavy (non-hydrogen) atoms. The summed E-state index contributed by atoms with van der Waals surface area (Å²) in [6, 6.07) is 11.1. The number of pyridine rings is 1. The third-order valence-electron chi connectivity index (χ3n) is 2.65. The number of hydrogen-bond acceptors (Lipinski definition) is 3. The first kappa shape index (κ1) is 12.4. The molecule has 90 valence electrons. The van der Waals surface area contributed by atoms with E-state index in [0.29, 0.717) is 22.0 Å². The molecular weight excluding hydrogens is 248 g/mol. The lowest BCUT2D eigenvalue weighted by atomic mass is 10.1. The molecule has 0 radical (unpaired) electrons. The van der Waals surface area contributed by atoms with E-state index in [4.69, 9.17) is 21.6 Å². The fourth-order valence-electron chi connectivity index (χ4n) is 1.67. The van der Waals surface area contributed by atoms with Crippen molar-refractivity contribution >= 4 is 11.6 Å². The summed E-state index contributed by atoms with van der Waals surface area (Å²) in [5.74, 6) is 0.630. The van der Waals surface area contributed by atoms with Crippen molar-refractivity contribution in [2.75, 3.05) is 7.11 Å². The highest BCUT2D eigenvalue weighted by Crippen LogP contribution is 2.29. The van der Waals surface area contributed by atoms with Gasteiger partial charge in [0.2, 0.25) is 0 Å². The predicted molar refractivity (Wildman–Crippen MR) is 70.7 cm³/mol. The molecule has 0 aliphatic carbocycles. The van der Waals surface area contributed by atoms with Gasteiger partial charge in [-0.15, -0.1) is 0 Å². The van der Waals surface area contributed by atoms with Gasteiger partial charge in [-0.2, -0.15) is 5.26 Å². The third-order valence-corrected chi connectivity index (χ3v) is 2.95. The van der Waals surface area contributed by atoms with Crippen LogP contribution in [0.5, 0.6) is 5.75 Å². The van der Waals surface area contributed by atoms with Crippen molar-refractivity contribution in [3.05, 3.63) is 46.6 Å². The lowest BCUT2D eigenvalue weighted by Crippen LogP contribution is -1.91. The number of nitrogens with zero attached hydrogens (tertiary/aromatic N) is 2. The maximum absolute atomic E-state index is 8.86. The normalized spacial score (nSPS) is 9.89. The van der Waals surface area contributed by atoms with Gasteiger partial charge in [0, 0.05) is 5.56 Å². The van der Waals surface area contributed by atoms with Crippen molar-refractivity contribution in [2.45, 2.75) is 6.92 Å². The SMILES string of the molecule is COc1ccc(-c2ccc(C#N)c(C)n2)cc1Cl. The molecule has 0 bridgehead atoms. The zero-order valence-electron chi connectivity index (χ0n) is 10.1. The second kappa shape index (κ2) is 5.07. The molecule has 0 saturated heterocycles. The monoisotopic (exact) mass is 258 g/mol. The minimum atomic E-state index is 0.541. The molecule has 0 fully saturated rings. The van der Waals surface area contributed by atoms with E-state index in [1.807, 2.05) is 19.1 Å². The molecule has 0 spiro atoms. The minimum absolute atomic E-state index is 0.541. The van der Waals surface area contributed by atoms with E-state index >= 15 is 0 Å². The summed E-state index contributed by atoms with van der Waals surface area (Å²) in [5.41, 5.74) is 2.98. The van der Waals surface area contributed by atoms with Crippen LogP contribution in [0.25, 0.3) is 11.3 Å². The zero-order chi connectivity index (χ0) is 13.1. The van der Waals surface area contributed by atoms with Crippen LogP contribution in [0, 0.1) is 18.3 Å². The van der Waals surface area contributed by atoms with Crippen molar-refractivity contribution in [1.29, 1.82) is 5.26 Å². The molecule has 0 saturated carbocycles. The van der Waals surface area contributed by atoms with Gasteiger partial charge in [-0.05, 0) is 37.3 Å². The highest BCUT2D eigenvalue weighted by molar-refractivity contribution is 6.32. The average Bonchev–Trinajstić information content (AvgIpc) is 2.38. The minimum Gasteiger partial charge on any atom is -0.495 e. The first-order chi connectivity index (χ1) is 8.65. The van der Waals surface area contributed by atoms with Crippen LogP contribution in [-0.4, -0.2) is 12.1 Å². The Morgan fingerprint density at radius 2 is 2.06 bits per heavy atom. The summed E-state index contributed by atoms with van der Waals surface area (Å²) >= 11 is 6.07. The van der Waals surface area contributed by atoms with Gasteiger partial charge in [0.15, 0.2) is 0 Å². The quantitative estimate of drug-likeness (QED) is 0.827. The van der Waals surface area contributed by atoms with Gasteiger partial charge >= 0.3 is 0 Å². The Bertz CT molecular complexity index is 632. The fraction of sp³-hybridized carbons (Fsp3) is 0.143. The Labute approximate surface area is 111 Å². The Morgan fingerprint density at radius 1 is 1.28 bits per heavy atom. The first-order valence-electron chi connectivity index (χ1n) is 5.37. The molecule has 2 aromatic rings. The van der Waals surface area contributed by atoms with Gasteiger partial charge in [0.1, 0.15) is 11.8 Å². The van der Waals surface area contributed by atoms with Crippen LogP contribution in [0.1, 0.15) is 11.3 Å². The molecule has 0 amide bonds. The second-order valence-electron chi connectivity index (χ2n) is 3.79. The molecule has 1 aromatic carbocycles. The van der Waals surface area contributed by atoms with Gasteiger partial charge in [-0.3, -0.25) is 4.98 Å². The smallest absolute Gasteiger partial charge is 0.137 e. The number of ether oxygens (including phenoxy) is 1. The van der Waals surface area contributed by atoms with E-state index in [-0.39, 0.29) is 0 Å². The maximum Gasteiger partial charge on any atom is 0.137 e. The lowest BCUT2D eigenvalue weighted by Gasteiger charge is -2.07. The number of nitriles is 1. The van der Waals surface area contributed by atoms with Crippen molar-refractivity contribution in [1.82, 2.24) is 4.98 Å². The van der Waals surface area contributed by atoms with Crippen LogP contribution in [0.4, 0.5) is 0 Å². The third kappa shape index (κ3) is 2.29. The highest BCUT2D eigenvalue weighted by atomic mass is 35.5. The lowest BCUT2D eigenvalue weighted by molar-refractivity contribution is 0.415. The topological polar surface area (TPSA) is 45.9 Å². The summed E-state index contributed by atoms with van der Waals surface area (Å²) in [5, 5.41) is 9.41. The van der Waals surface area contributed by atoms with Crippen molar-refractivity contribution in [3.63, 3.8) is 0 Å². The Balaban J connectivity index is 2.46. The Kier molecular flexibility index (Phi) is 3.50. The Morgan fingerprint density at radius 3 is 2.61 bits per heavy atom. The predicted octanol–water partition coefficient (Wildman–Crippen LogP) is 3.59. The van der Waals surface area contributed by atoms with Gasteiger partial charge in [-0.1, -0.05) is 11.6 Å². The van der Waals surface area contributed by atoms with Crippen LogP contribution in [0.15, 0.2) is 30.3 Å². The largest absolute Gasteiger partial charge is 0.495 e. The maximum atomic E-state index is 8.86. The fourth-order valence-corrected chi connectivity index (χ4v) is 1.92. The number of benzene rings is 1. The van der Waals surface area contributed by atoms with E-state index in [1.54, 1.807) is 25.3 Å². The number of methoxy groups -OCH3 is 1. The summed E-state index contributed by atoms with van der Waals surface area (Å²) in [6.45, 7) is 1.81. The molecule has 0 atom stereocenters. The van der Waals surface area contributed by atoms with Crippen LogP contribution in [0.2, 0.25) is 5.02 Å². The van der Waals surface area contributed by atoms with E-state index < -0.39 is 0 Å². The standard InChI is InChI=1S/C14H11ClN2O/c1-9-11(8-16)3-5-13(17-9)10-4-6-14(18-2)12(15)7-10/h3-7H,1-2H3. The summed E-state index contributed by atoms with van der Waals surface area (Å²) in [7, 11) is 1.57. The molecule has 1 heterocycles. The average molecular weight is 259 g/mol. The van der Waals surface area contributed by atoms with Crippen LogP contribution in [-0.2, 0) is 0 Å². The van der Waals surface area contributed by atoms with Gasteiger partial charge in [-0.25, -0.2) is 0 Å². The second-order valence-corrected chi connectivity index (χ2v) is 4.20. The molecule has 1 aromatic heterocycles. The molecule has 0 aliphatic rings. The van der Waals surface area contributed by atoms with Crippen molar-refractivity contribution < 1.29 is 4.74 Å². The molecule has 0 unspecified atom stereocenters. The van der Waals surface area contributed by atoms with E-state index in [0.717, 1.165) is 11.3 Å². The van der Waals surface area contributed by atoms with E-state index in [1.165, 1.54) is 0 Å². The van der Waals surface area contributed by atoms with Crippen LogP contribution in [0.3, 0.4) is 0 Å². The van der Waals surface area contributed by atoms with Crippen LogP contribution < -0.4 is 4.74 Å². The first-order valence-corrected chi connectivity index (χ1v) is 5.75. The van der Waals surface area contributed by atoms with Crippen LogP contribution >= 0.6 is 11.6 Å². The van der Waals surface area contributed by atoms with Crippen molar-refractivity contribution in [2.24, 2.45) is 0 Å². The summed E-state index contributed by atoms with van der Waals surface area (Å²) < 4.78 is 5.10. The van der Waals surface area contributed by atoms with E-state index in [9.17, 15) is 0 Å². The van der Waals surface area contributed by atoms with Crippen molar-refractivity contribution in [3.8, 4) is 23.1 Å². The number of rotatable bonds is 2. The molecule has 0 N–H and O–H groups in total. The summed E-state index contributed by atoms with van der Waals surface area (Å²) in [4.78, 5) is 4.39. The molecular formula is C14H11ClN2O. The number of aryl methyl sites for hydroxylation is 1. The Hall–Kier alpha value is -2.05. The molecule has 4 heteroatoms. The molecule has 3 nitrogen and oxygen atoms in total. The van der Waals surface area contributed by atoms with Gasteiger partial charge in [0.05, 0.1) is 29.1 Å². The van der Waals surface area contributed by atoms with Gasteiger partial charge < -0.3 is 4.74 Å². The number of aromatic nitrogens is 1.